The van der Waals surface area contributed by atoms with Crippen molar-refractivity contribution in [1.82, 2.24) is 15.5 Å². The third-order valence-electron chi connectivity index (χ3n) is 7.20. The maximum Gasteiger partial charge on any atom is 0.408 e. The molecule has 0 radical (unpaired) electrons. The molecule has 2 aliphatic heterocycles. The molecule has 1 saturated heterocycles. The number of hydrogen-bond donors (Lipinski definition) is 3. The second-order valence-corrected chi connectivity index (χ2v) is 11.2. The van der Waals surface area contributed by atoms with Crippen LogP contribution in [0.5, 0.6) is 0 Å². The predicted molar refractivity (Wildman–Crippen MR) is 144 cm³/mol. The molecule has 0 bridgehead atoms. The van der Waals surface area contributed by atoms with Gasteiger partial charge in [-0.1, -0.05) is 63.3 Å². The van der Waals surface area contributed by atoms with E-state index in [0.29, 0.717) is 6.54 Å². The van der Waals surface area contributed by atoms with Gasteiger partial charge in [0.2, 0.25) is 11.8 Å². The molecule has 4 unspecified atom stereocenters. The summed E-state index contributed by atoms with van der Waals surface area (Å²) in [6.07, 6.45) is 4.71. The standard InChI is InChI=1S/C29H41N3O7/c1-29(2,3)24-19-38-27(36)23(30-28(37)39-18-20-10-5-4-6-11-20)14-8-7-12-21(26(35)31-24)16-25(34)32-15-9-13-22(32)17-33/h4-8,10-11,21-24,33H,9,12-19H2,1-3H3,(H,30,37)(H,31,35). The number of cyclic esters (lactones) is 1. The van der Waals surface area contributed by atoms with Gasteiger partial charge in [-0.15, -0.1) is 0 Å². The molecule has 0 aliphatic carbocycles. The second-order valence-electron chi connectivity index (χ2n) is 11.2. The summed E-state index contributed by atoms with van der Waals surface area (Å²) >= 11 is 0. The van der Waals surface area contributed by atoms with Crippen LogP contribution in [0, 0.1) is 11.3 Å². The summed E-state index contributed by atoms with van der Waals surface area (Å²) in [5.74, 6) is -1.71. The Morgan fingerprint density at radius 3 is 2.56 bits per heavy atom. The number of amides is 3. The second kappa shape index (κ2) is 14.1. The number of rotatable bonds is 6. The van der Waals surface area contributed by atoms with Crippen molar-refractivity contribution in [2.75, 3.05) is 19.8 Å². The van der Waals surface area contributed by atoms with Crippen molar-refractivity contribution >= 4 is 23.9 Å². The lowest BCUT2D eigenvalue weighted by Gasteiger charge is -2.33. The minimum atomic E-state index is -0.977. The molecule has 3 rings (SSSR count). The molecule has 0 saturated carbocycles. The number of hydrogen-bond acceptors (Lipinski definition) is 7. The molecule has 3 N–H and O–H groups in total. The number of nitrogens with zero attached hydrogens (tertiary/aromatic N) is 1. The quantitative estimate of drug-likeness (QED) is 0.371. The third kappa shape index (κ3) is 9.09. The van der Waals surface area contributed by atoms with Gasteiger partial charge in [0.05, 0.1) is 24.6 Å². The highest BCUT2D eigenvalue weighted by Gasteiger charge is 2.35. The minimum Gasteiger partial charge on any atom is -0.462 e. The van der Waals surface area contributed by atoms with Crippen LogP contribution in [0.1, 0.15) is 58.4 Å². The number of benzene rings is 1. The van der Waals surface area contributed by atoms with Crippen molar-refractivity contribution in [1.29, 1.82) is 0 Å². The van der Waals surface area contributed by atoms with Gasteiger partial charge in [-0.25, -0.2) is 9.59 Å². The number of likely N-dealkylation sites (tertiary alicyclic amines) is 1. The zero-order valence-corrected chi connectivity index (χ0v) is 23.1. The van der Waals surface area contributed by atoms with Crippen molar-refractivity contribution in [2.45, 2.75) is 77.6 Å². The Morgan fingerprint density at radius 1 is 1.15 bits per heavy atom. The van der Waals surface area contributed by atoms with E-state index in [0.717, 1.165) is 18.4 Å². The lowest BCUT2D eigenvalue weighted by molar-refractivity contribution is -0.148. The van der Waals surface area contributed by atoms with Gasteiger partial charge in [0, 0.05) is 13.0 Å². The number of nitrogens with one attached hydrogen (secondary N) is 2. The molecule has 1 aromatic carbocycles. The molecule has 10 nitrogen and oxygen atoms in total. The van der Waals surface area contributed by atoms with Gasteiger partial charge in [0.15, 0.2) is 0 Å². The van der Waals surface area contributed by atoms with Crippen LogP contribution in [0.3, 0.4) is 0 Å². The van der Waals surface area contributed by atoms with Crippen LogP contribution in [0.4, 0.5) is 4.79 Å². The van der Waals surface area contributed by atoms with Crippen molar-refractivity contribution in [3.05, 3.63) is 48.0 Å². The van der Waals surface area contributed by atoms with Crippen LogP contribution in [0.25, 0.3) is 0 Å². The summed E-state index contributed by atoms with van der Waals surface area (Å²) in [6.45, 7) is 6.21. The van der Waals surface area contributed by atoms with Crippen LogP contribution in [-0.2, 0) is 30.5 Å². The van der Waals surface area contributed by atoms with E-state index in [4.69, 9.17) is 9.47 Å². The number of ether oxygens (including phenoxy) is 2. The number of esters is 1. The lowest BCUT2D eigenvalue weighted by Crippen LogP contribution is -2.51. The molecule has 2 heterocycles. The molecule has 10 heteroatoms. The first kappa shape index (κ1) is 30.1. The number of aliphatic hydroxyl groups is 1. The Morgan fingerprint density at radius 2 is 1.87 bits per heavy atom. The molecule has 214 valence electrons. The third-order valence-corrected chi connectivity index (χ3v) is 7.20. The molecule has 0 aromatic heterocycles. The molecular formula is C29H41N3O7. The van der Waals surface area contributed by atoms with Gasteiger partial charge in [-0.05, 0) is 36.7 Å². The minimum absolute atomic E-state index is 0.0107. The fourth-order valence-electron chi connectivity index (χ4n) is 4.64. The van der Waals surface area contributed by atoms with E-state index in [9.17, 15) is 24.3 Å². The maximum absolute atomic E-state index is 13.3. The lowest BCUT2D eigenvalue weighted by atomic mass is 9.86. The van der Waals surface area contributed by atoms with Crippen molar-refractivity contribution in [3.63, 3.8) is 0 Å². The summed E-state index contributed by atoms with van der Waals surface area (Å²) < 4.78 is 10.8. The summed E-state index contributed by atoms with van der Waals surface area (Å²) in [6, 6.07) is 7.50. The van der Waals surface area contributed by atoms with Gasteiger partial charge < -0.3 is 30.1 Å². The highest BCUT2D eigenvalue weighted by molar-refractivity contribution is 5.86. The summed E-state index contributed by atoms with van der Waals surface area (Å²) in [5, 5.41) is 15.2. The van der Waals surface area contributed by atoms with Gasteiger partial charge in [-0.2, -0.15) is 0 Å². The number of carbonyl (C=O) groups excluding carboxylic acids is 4. The maximum atomic E-state index is 13.3. The Hall–Kier alpha value is -3.40. The Bertz CT molecular complexity index is 1020. The fraction of sp³-hybridized carbons (Fsp3) is 0.586. The Kier molecular flexibility index (Phi) is 10.9. The normalized spacial score (nSPS) is 24.7. The van der Waals surface area contributed by atoms with E-state index in [1.165, 1.54) is 0 Å². The topological polar surface area (TPSA) is 134 Å². The molecule has 3 amide bonds. The van der Waals surface area contributed by atoms with Crippen molar-refractivity contribution in [2.24, 2.45) is 11.3 Å². The molecule has 39 heavy (non-hydrogen) atoms. The molecule has 0 spiro atoms. The van der Waals surface area contributed by atoms with E-state index < -0.39 is 35.5 Å². The van der Waals surface area contributed by atoms with E-state index >= 15 is 0 Å². The average Bonchev–Trinajstić information content (AvgIpc) is 3.39. The van der Waals surface area contributed by atoms with Crippen molar-refractivity contribution in [3.8, 4) is 0 Å². The molecule has 1 aromatic rings. The zero-order chi connectivity index (χ0) is 28.4. The van der Waals surface area contributed by atoms with Crippen LogP contribution in [0.15, 0.2) is 42.5 Å². The van der Waals surface area contributed by atoms with E-state index in [-0.39, 0.29) is 56.9 Å². The van der Waals surface area contributed by atoms with Crippen LogP contribution in [0.2, 0.25) is 0 Å². The van der Waals surface area contributed by atoms with Crippen LogP contribution in [-0.4, -0.2) is 71.8 Å². The summed E-state index contributed by atoms with van der Waals surface area (Å²) in [5.41, 5.74) is 0.372. The smallest absolute Gasteiger partial charge is 0.408 e. The fourth-order valence-corrected chi connectivity index (χ4v) is 4.64. The molecule has 2 aliphatic rings. The monoisotopic (exact) mass is 543 g/mol. The highest BCUT2D eigenvalue weighted by atomic mass is 16.6. The molecule has 1 fully saturated rings. The first-order valence-electron chi connectivity index (χ1n) is 13.6. The number of allylic oxidation sites excluding steroid dienone is 1. The largest absolute Gasteiger partial charge is 0.462 e. The average molecular weight is 544 g/mol. The van der Waals surface area contributed by atoms with Crippen LogP contribution < -0.4 is 10.6 Å². The first-order chi connectivity index (χ1) is 18.6. The number of alkyl carbamates (subject to hydrolysis) is 1. The highest BCUT2D eigenvalue weighted by Crippen LogP contribution is 2.24. The van der Waals surface area contributed by atoms with E-state index in [1.54, 1.807) is 17.1 Å². The van der Waals surface area contributed by atoms with E-state index in [1.807, 2.05) is 51.1 Å². The molecular weight excluding hydrogens is 502 g/mol. The van der Waals surface area contributed by atoms with Gasteiger partial charge >= 0.3 is 12.1 Å². The molecule has 4 atom stereocenters. The van der Waals surface area contributed by atoms with Crippen LogP contribution >= 0.6 is 0 Å². The number of carbonyl (C=O) groups is 4. The van der Waals surface area contributed by atoms with Gasteiger partial charge in [0.25, 0.3) is 0 Å². The summed E-state index contributed by atoms with van der Waals surface area (Å²) in [4.78, 5) is 53.3. The van der Waals surface area contributed by atoms with Crippen molar-refractivity contribution < 1.29 is 33.8 Å². The predicted octanol–water partition coefficient (Wildman–Crippen LogP) is 2.70. The first-order valence-corrected chi connectivity index (χ1v) is 13.6. The van der Waals surface area contributed by atoms with E-state index in [2.05, 4.69) is 10.6 Å². The zero-order valence-electron chi connectivity index (χ0n) is 23.1. The number of aliphatic hydroxyl groups excluding tert-OH is 1. The Labute approximate surface area is 230 Å². The SMILES string of the molecule is CC(C)(C)C1COC(=O)C(NC(=O)OCc2ccccc2)CC=CCC(CC(=O)N2CCCC2CO)C(=O)N1. The van der Waals surface area contributed by atoms with Gasteiger partial charge in [-0.3, -0.25) is 9.59 Å². The summed E-state index contributed by atoms with van der Waals surface area (Å²) in [7, 11) is 0. The Balaban J connectivity index is 1.71. The van der Waals surface area contributed by atoms with Gasteiger partial charge in [0.1, 0.15) is 19.3 Å².